The Morgan fingerprint density at radius 2 is 2.00 bits per heavy atom. The average molecular weight is 271 g/mol. The van der Waals surface area contributed by atoms with E-state index in [2.05, 4.69) is 5.32 Å². The largest absolute Gasteiger partial charge is 0.494 e. The van der Waals surface area contributed by atoms with E-state index < -0.39 is 9.84 Å². The van der Waals surface area contributed by atoms with Crippen LogP contribution in [0.25, 0.3) is 0 Å². The van der Waals surface area contributed by atoms with Gasteiger partial charge in [0.05, 0.1) is 12.4 Å². The summed E-state index contributed by atoms with van der Waals surface area (Å²) in [6, 6.07) is 7.71. The van der Waals surface area contributed by atoms with Crippen molar-refractivity contribution in [2.75, 3.05) is 25.7 Å². The average Bonchev–Trinajstić information content (AvgIpc) is 2.31. The zero-order valence-electron chi connectivity index (χ0n) is 11.1. The Morgan fingerprint density at radius 3 is 2.56 bits per heavy atom. The molecular weight excluding hydrogens is 250 g/mol. The first-order valence-electron chi connectivity index (χ1n) is 6.04. The second kappa shape index (κ2) is 6.75. The molecule has 0 saturated heterocycles. The molecule has 1 unspecified atom stereocenters. The second-order valence-electron chi connectivity index (χ2n) is 4.23. The summed E-state index contributed by atoms with van der Waals surface area (Å²) in [6.07, 6.45) is 1.80. The Hall–Kier alpha value is -1.07. The fraction of sp³-hybridized carbons (Fsp3) is 0.538. The molecule has 0 aliphatic rings. The maximum Gasteiger partial charge on any atom is 0.147 e. The zero-order valence-corrected chi connectivity index (χ0v) is 12.0. The molecule has 1 N–H and O–H groups in total. The number of benzene rings is 1. The molecule has 1 rings (SSSR count). The molecule has 5 heteroatoms. The first-order valence-corrected chi connectivity index (χ1v) is 8.10. The molecular formula is C13H21NO3S. The third-order valence-electron chi connectivity index (χ3n) is 2.72. The summed E-state index contributed by atoms with van der Waals surface area (Å²) in [5, 5.41) is 3.15. The van der Waals surface area contributed by atoms with Crippen LogP contribution in [0.1, 0.15) is 24.9 Å². The van der Waals surface area contributed by atoms with Crippen molar-refractivity contribution in [2.45, 2.75) is 19.4 Å². The summed E-state index contributed by atoms with van der Waals surface area (Å²) >= 11 is 0. The molecule has 1 aromatic carbocycles. The summed E-state index contributed by atoms with van der Waals surface area (Å²) in [4.78, 5) is 0. The van der Waals surface area contributed by atoms with E-state index in [1.165, 1.54) is 6.26 Å². The van der Waals surface area contributed by atoms with Gasteiger partial charge in [-0.3, -0.25) is 0 Å². The van der Waals surface area contributed by atoms with Gasteiger partial charge in [-0.2, -0.15) is 0 Å². The van der Waals surface area contributed by atoms with Crippen molar-refractivity contribution >= 4 is 9.84 Å². The first kappa shape index (κ1) is 15.0. The highest BCUT2D eigenvalue weighted by Crippen LogP contribution is 2.27. The molecule has 1 aromatic rings. The van der Waals surface area contributed by atoms with Gasteiger partial charge in [-0.25, -0.2) is 8.42 Å². The number of ether oxygens (including phenoxy) is 1. The highest BCUT2D eigenvalue weighted by atomic mass is 32.2. The zero-order chi connectivity index (χ0) is 13.6. The van der Waals surface area contributed by atoms with Gasteiger partial charge in [0.25, 0.3) is 0 Å². The van der Waals surface area contributed by atoms with Crippen LogP contribution in [0.15, 0.2) is 24.3 Å². The minimum Gasteiger partial charge on any atom is -0.494 e. The molecule has 1 atom stereocenters. The standard InChI is InChI=1S/C13H21NO3S/c1-4-17-13-8-6-5-7-11(13)12(14-2)9-10-18(3,15)16/h5-8,12,14H,4,9-10H2,1-3H3. The second-order valence-corrected chi connectivity index (χ2v) is 6.49. The molecule has 0 heterocycles. The van der Waals surface area contributed by atoms with E-state index >= 15 is 0 Å². The number of rotatable bonds is 7. The van der Waals surface area contributed by atoms with E-state index in [0.717, 1.165) is 11.3 Å². The quantitative estimate of drug-likeness (QED) is 0.821. The predicted octanol–water partition coefficient (Wildman–Crippen LogP) is 1.78. The van der Waals surface area contributed by atoms with Crippen molar-refractivity contribution in [1.29, 1.82) is 0 Å². The molecule has 0 spiro atoms. The topological polar surface area (TPSA) is 55.4 Å². The van der Waals surface area contributed by atoms with Gasteiger partial charge < -0.3 is 10.1 Å². The van der Waals surface area contributed by atoms with Gasteiger partial charge in [0.2, 0.25) is 0 Å². The lowest BCUT2D eigenvalue weighted by Crippen LogP contribution is -2.20. The molecule has 18 heavy (non-hydrogen) atoms. The van der Waals surface area contributed by atoms with Crippen molar-refractivity contribution in [3.63, 3.8) is 0 Å². The van der Waals surface area contributed by atoms with Gasteiger partial charge in [0.15, 0.2) is 0 Å². The van der Waals surface area contributed by atoms with E-state index in [-0.39, 0.29) is 11.8 Å². The maximum absolute atomic E-state index is 11.2. The van der Waals surface area contributed by atoms with Crippen LogP contribution in [0.4, 0.5) is 0 Å². The van der Waals surface area contributed by atoms with E-state index in [1.807, 2.05) is 38.2 Å². The van der Waals surface area contributed by atoms with Crippen molar-refractivity contribution in [3.05, 3.63) is 29.8 Å². The van der Waals surface area contributed by atoms with Gasteiger partial charge in [-0.1, -0.05) is 18.2 Å². The van der Waals surface area contributed by atoms with E-state index in [1.54, 1.807) is 0 Å². The molecule has 0 bridgehead atoms. The summed E-state index contributed by atoms with van der Waals surface area (Å²) < 4.78 is 28.0. The van der Waals surface area contributed by atoms with Crippen molar-refractivity contribution in [3.8, 4) is 5.75 Å². The van der Waals surface area contributed by atoms with E-state index in [0.29, 0.717) is 13.0 Å². The smallest absolute Gasteiger partial charge is 0.147 e. The number of para-hydroxylation sites is 1. The van der Waals surface area contributed by atoms with Gasteiger partial charge >= 0.3 is 0 Å². The minimum atomic E-state index is -2.94. The van der Waals surface area contributed by atoms with Crippen molar-refractivity contribution < 1.29 is 13.2 Å². The minimum absolute atomic E-state index is 0.0116. The van der Waals surface area contributed by atoms with Crippen LogP contribution in [-0.4, -0.2) is 34.1 Å². The van der Waals surface area contributed by atoms with Crippen LogP contribution >= 0.6 is 0 Å². The number of sulfone groups is 1. The number of nitrogens with one attached hydrogen (secondary N) is 1. The lowest BCUT2D eigenvalue weighted by molar-refractivity contribution is 0.331. The molecule has 0 amide bonds. The van der Waals surface area contributed by atoms with Gasteiger partial charge in [0.1, 0.15) is 15.6 Å². The number of hydrogen-bond acceptors (Lipinski definition) is 4. The van der Waals surface area contributed by atoms with Crippen LogP contribution < -0.4 is 10.1 Å². The lowest BCUT2D eigenvalue weighted by Gasteiger charge is -2.19. The van der Waals surface area contributed by atoms with Crippen molar-refractivity contribution in [1.82, 2.24) is 5.32 Å². The highest BCUT2D eigenvalue weighted by molar-refractivity contribution is 7.90. The third-order valence-corrected chi connectivity index (χ3v) is 3.70. The van der Waals surface area contributed by atoms with Gasteiger partial charge in [-0.15, -0.1) is 0 Å². The van der Waals surface area contributed by atoms with Gasteiger partial charge in [-0.05, 0) is 26.5 Å². The monoisotopic (exact) mass is 271 g/mol. The Morgan fingerprint density at radius 1 is 1.33 bits per heavy atom. The lowest BCUT2D eigenvalue weighted by atomic mass is 10.0. The maximum atomic E-state index is 11.2. The van der Waals surface area contributed by atoms with Crippen LogP contribution in [0, 0.1) is 0 Å². The molecule has 0 radical (unpaired) electrons. The van der Waals surface area contributed by atoms with E-state index in [4.69, 9.17) is 4.74 Å². The third kappa shape index (κ3) is 4.66. The van der Waals surface area contributed by atoms with Crippen molar-refractivity contribution in [2.24, 2.45) is 0 Å². The highest BCUT2D eigenvalue weighted by Gasteiger charge is 2.16. The van der Waals surface area contributed by atoms with Crippen LogP contribution in [0.2, 0.25) is 0 Å². The van der Waals surface area contributed by atoms with Crippen LogP contribution in [0.5, 0.6) is 5.75 Å². The Kier molecular flexibility index (Phi) is 5.62. The molecule has 4 nitrogen and oxygen atoms in total. The Labute approximate surface area is 109 Å². The molecule has 0 saturated carbocycles. The summed E-state index contributed by atoms with van der Waals surface area (Å²) in [6.45, 7) is 2.53. The fourth-order valence-electron chi connectivity index (χ4n) is 1.84. The molecule has 0 aromatic heterocycles. The summed E-state index contributed by atoms with van der Waals surface area (Å²) in [5.74, 6) is 0.978. The fourth-order valence-corrected chi connectivity index (χ4v) is 2.51. The molecule has 0 aliphatic heterocycles. The SMILES string of the molecule is CCOc1ccccc1C(CCS(C)(=O)=O)NC. The predicted molar refractivity (Wildman–Crippen MR) is 73.7 cm³/mol. The Balaban J connectivity index is 2.87. The Bertz CT molecular complexity index is 471. The van der Waals surface area contributed by atoms with E-state index in [9.17, 15) is 8.42 Å². The molecule has 0 aliphatic carbocycles. The number of hydrogen-bond donors (Lipinski definition) is 1. The summed E-state index contributed by atoms with van der Waals surface area (Å²) in [5.41, 5.74) is 1.01. The van der Waals surface area contributed by atoms with Crippen LogP contribution in [0.3, 0.4) is 0 Å². The molecule has 102 valence electrons. The molecule has 0 fully saturated rings. The first-order chi connectivity index (χ1) is 8.48. The normalized spacial score (nSPS) is 13.3. The van der Waals surface area contributed by atoms with Gasteiger partial charge in [0, 0.05) is 17.9 Å². The summed E-state index contributed by atoms with van der Waals surface area (Å²) in [7, 11) is -1.11. The van der Waals surface area contributed by atoms with Crippen LogP contribution in [-0.2, 0) is 9.84 Å².